The molecule has 5 nitrogen and oxygen atoms in total. The SMILES string of the molecule is CCc1ncc(S(=O)(=O)NC(CC)(CBr)CBr)[nH]1. The van der Waals surface area contributed by atoms with Crippen LogP contribution in [0, 0.1) is 0 Å². The largest absolute Gasteiger partial charge is 0.332 e. The highest BCUT2D eigenvalue weighted by Gasteiger charge is 2.32. The Morgan fingerprint density at radius 3 is 2.39 bits per heavy atom. The molecule has 0 atom stereocenters. The molecule has 0 radical (unpaired) electrons. The number of rotatable bonds is 7. The lowest BCUT2D eigenvalue weighted by molar-refractivity contribution is 0.458. The van der Waals surface area contributed by atoms with Gasteiger partial charge in [-0.1, -0.05) is 45.7 Å². The van der Waals surface area contributed by atoms with Gasteiger partial charge in [-0.05, 0) is 6.42 Å². The van der Waals surface area contributed by atoms with Crippen LogP contribution in [0.1, 0.15) is 26.1 Å². The Labute approximate surface area is 124 Å². The molecule has 0 saturated heterocycles. The van der Waals surface area contributed by atoms with Gasteiger partial charge in [0.05, 0.1) is 11.7 Å². The Morgan fingerprint density at radius 1 is 1.39 bits per heavy atom. The number of aromatic amines is 1. The van der Waals surface area contributed by atoms with E-state index >= 15 is 0 Å². The van der Waals surface area contributed by atoms with E-state index in [-0.39, 0.29) is 5.03 Å². The summed E-state index contributed by atoms with van der Waals surface area (Å²) in [5.41, 5.74) is -0.531. The number of halogens is 2. The first-order valence-electron chi connectivity index (χ1n) is 5.63. The zero-order valence-corrected chi connectivity index (χ0v) is 14.3. The number of aromatic nitrogens is 2. The molecule has 1 heterocycles. The van der Waals surface area contributed by atoms with Crippen LogP contribution in [-0.2, 0) is 16.4 Å². The monoisotopic (exact) mass is 401 g/mol. The molecule has 0 spiro atoms. The maximum Gasteiger partial charge on any atom is 0.258 e. The quantitative estimate of drug-likeness (QED) is 0.686. The van der Waals surface area contributed by atoms with Gasteiger partial charge in [0.1, 0.15) is 5.82 Å². The van der Waals surface area contributed by atoms with E-state index in [4.69, 9.17) is 0 Å². The summed E-state index contributed by atoms with van der Waals surface area (Å²) in [4.78, 5) is 6.82. The topological polar surface area (TPSA) is 74.8 Å². The summed E-state index contributed by atoms with van der Waals surface area (Å²) in [6.07, 6.45) is 2.70. The molecule has 0 unspecified atom stereocenters. The van der Waals surface area contributed by atoms with Crippen LogP contribution in [0.25, 0.3) is 0 Å². The van der Waals surface area contributed by atoms with Gasteiger partial charge < -0.3 is 4.98 Å². The first kappa shape index (κ1) is 16.1. The summed E-state index contributed by atoms with van der Waals surface area (Å²) in [5.74, 6) is 0.662. The molecular formula is C10H17Br2N3O2S. The third kappa shape index (κ3) is 3.55. The predicted octanol–water partition coefficient (Wildman–Crippen LogP) is 2.19. The minimum Gasteiger partial charge on any atom is -0.332 e. The Kier molecular flexibility index (Phi) is 5.82. The average molecular weight is 403 g/mol. The van der Waals surface area contributed by atoms with Crippen LogP contribution < -0.4 is 4.72 Å². The van der Waals surface area contributed by atoms with E-state index in [1.165, 1.54) is 6.20 Å². The molecule has 0 aliphatic carbocycles. The molecule has 2 N–H and O–H groups in total. The molecule has 1 aromatic rings. The Balaban J connectivity index is 3.00. The molecule has 0 aliphatic rings. The van der Waals surface area contributed by atoms with Gasteiger partial charge in [0.25, 0.3) is 10.0 Å². The highest BCUT2D eigenvalue weighted by atomic mass is 79.9. The highest BCUT2D eigenvalue weighted by molar-refractivity contribution is 9.09. The van der Waals surface area contributed by atoms with Gasteiger partial charge in [0.15, 0.2) is 5.03 Å². The molecule has 1 aromatic heterocycles. The first-order chi connectivity index (χ1) is 8.43. The van der Waals surface area contributed by atoms with E-state index in [1.54, 1.807) is 0 Å². The van der Waals surface area contributed by atoms with E-state index in [0.29, 0.717) is 29.3 Å². The van der Waals surface area contributed by atoms with E-state index in [2.05, 4.69) is 46.5 Å². The fraction of sp³-hybridized carbons (Fsp3) is 0.700. The number of imidazole rings is 1. The molecule has 0 amide bonds. The molecule has 0 saturated carbocycles. The number of aryl methyl sites for hydroxylation is 1. The Morgan fingerprint density at radius 2 is 2.00 bits per heavy atom. The van der Waals surface area contributed by atoms with Crippen molar-refractivity contribution < 1.29 is 8.42 Å². The summed E-state index contributed by atoms with van der Waals surface area (Å²) in [6.45, 7) is 3.85. The van der Waals surface area contributed by atoms with Crippen LogP contribution in [0.5, 0.6) is 0 Å². The number of nitrogens with one attached hydrogen (secondary N) is 2. The van der Waals surface area contributed by atoms with Crippen LogP contribution >= 0.6 is 31.9 Å². The van der Waals surface area contributed by atoms with Crippen LogP contribution in [0.3, 0.4) is 0 Å². The van der Waals surface area contributed by atoms with Gasteiger partial charge in [-0.2, -0.15) is 0 Å². The number of hydrogen-bond acceptors (Lipinski definition) is 3. The number of sulfonamides is 1. The molecular weight excluding hydrogens is 386 g/mol. The molecule has 0 aromatic carbocycles. The maximum absolute atomic E-state index is 12.2. The Hall–Kier alpha value is 0.0800. The summed E-state index contributed by atoms with van der Waals surface area (Å²) >= 11 is 6.71. The molecule has 1 rings (SSSR count). The van der Waals surface area contributed by atoms with Crippen LogP contribution in [-0.4, -0.2) is 34.6 Å². The van der Waals surface area contributed by atoms with Gasteiger partial charge in [-0.25, -0.2) is 18.1 Å². The van der Waals surface area contributed by atoms with Crippen molar-refractivity contribution in [3.05, 3.63) is 12.0 Å². The molecule has 0 aliphatic heterocycles. The Bertz CT molecular complexity index is 475. The first-order valence-corrected chi connectivity index (χ1v) is 9.35. The number of hydrogen-bond donors (Lipinski definition) is 2. The molecule has 18 heavy (non-hydrogen) atoms. The van der Waals surface area contributed by atoms with Crippen LogP contribution in [0.15, 0.2) is 11.2 Å². The number of H-pyrrole nitrogens is 1. The van der Waals surface area contributed by atoms with Crippen molar-refractivity contribution in [3.63, 3.8) is 0 Å². The van der Waals surface area contributed by atoms with Crippen molar-refractivity contribution in [1.82, 2.24) is 14.7 Å². The molecule has 8 heteroatoms. The minimum absolute atomic E-state index is 0.110. The van der Waals surface area contributed by atoms with Gasteiger partial charge in [0.2, 0.25) is 0 Å². The molecule has 0 bridgehead atoms. The number of alkyl halides is 2. The summed E-state index contributed by atoms with van der Waals surface area (Å²) in [6, 6.07) is 0. The normalized spacial score (nSPS) is 12.9. The third-order valence-electron chi connectivity index (χ3n) is 2.77. The lowest BCUT2D eigenvalue weighted by Crippen LogP contribution is -2.51. The predicted molar refractivity (Wildman–Crippen MR) is 78.9 cm³/mol. The highest BCUT2D eigenvalue weighted by Crippen LogP contribution is 2.20. The van der Waals surface area contributed by atoms with Crippen molar-refractivity contribution >= 4 is 41.9 Å². The van der Waals surface area contributed by atoms with Crippen molar-refractivity contribution in [2.75, 3.05) is 10.7 Å². The lowest BCUT2D eigenvalue weighted by atomic mass is 10.0. The van der Waals surface area contributed by atoms with Gasteiger partial charge in [-0.15, -0.1) is 0 Å². The van der Waals surface area contributed by atoms with Gasteiger partial charge in [-0.3, -0.25) is 0 Å². The standard InChI is InChI=1S/C10H17Br2N3O2S/c1-3-8-13-5-9(14-8)18(16,17)15-10(4-2,6-11)7-12/h5,15H,3-4,6-7H2,1-2H3,(H,13,14). The van der Waals surface area contributed by atoms with E-state index in [0.717, 1.165) is 0 Å². The van der Waals surface area contributed by atoms with E-state index < -0.39 is 15.6 Å². The minimum atomic E-state index is -3.57. The zero-order chi connectivity index (χ0) is 13.8. The summed E-state index contributed by atoms with van der Waals surface area (Å²) < 4.78 is 27.2. The van der Waals surface area contributed by atoms with E-state index in [9.17, 15) is 8.42 Å². The summed E-state index contributed by atoms with van der Waals surface area (Å²) in [5, 5.41) is 1.19. The number of nitrogens with zero attached hydrogens (tertiary/aromatic N) is 1. The zero-order valence-electron chi connectivity index (χ0n) is 10.3. The molecule has 104 valence electrons. The van der Waals surface area contributed by atoms with Crippen molar-refractivity contribution in [1.29, 1.82) is 0 Å². The fourth-order valence-corrected chi connectivity index (χ4v) is 5.14. The average Bonchev–Trinajstić information content (AvgIpc) is 2.85. The summed E-state index contributed by atoms with van der Waals surface area (Å²) in [7, 11) is -3.57. The second-order valence-corrected chi connectivity index (χ2v) is 6.83. The third-order valence-corrected chi connectivity index (χ3v) is 6.40. The van der Waals surface area contributed by atoms with E-state index in [1.807, 2.05) is 13.8 Å². The lowest BCUT2D eigenvalue weighted by Gasteiger charge is -2.29. The van der Waals surface area contributed by atoms with Crippen molar-refractivity contribution in [2.24, 2.45) is 0 Å². The van der Waals surface area contributed by atoms with Gasteiger partial charge >= 0.3 is 0 Å². The second-order valence-electron chi connectivity index (χ2n) is 4.05. The van der Waals surface area contributed by atoms with Crippen molar-refractivity contribution in [2.45, 2.75) is 37.3 Å². The van der Waals surface area contributed by atoms with Gasteiger partial charge in [0, 0.05) is 17.1 Å². The molecule has 0 fully saturated rings. The van der Waals surface area contributed by atoms with Crippen LogP contribution in [0.2, 0.25) is 0 Å². The van der Waals surface area contributed by atoms with Crippen molar-refractivity contribution in [3.8, 4) is 0 Å². The maximum atomic E-state index is 12.2. The second kappa shape index (κ2) is 6.49. The smallest absolute Gasteiger partial charge is 0.258 e. The van der Waals surface area contributed by atoms with Crippen LogP contribution in [0.4, 0.5) is 0 Å². The fourth-order valence-electron chi connectivity index (χ4n) is 1.35.